The number of rotatable bonds is 3. The summed E-state index contributed by atoms with van der Waals surface area (Å²) in [6.07, 6.45) is -2.45. The molecule has 0 radical (unpaired) electrons. The molecule has 0 saturated carbocycles. The van der Waals surface area contributed by atoms with E-state index in [-0.39, 0.29) is 4.47 Å². The van der Waals surface area contributed by atoms with E-state index in [0.29, 0.717) is 11.3 Å². The molecule has 1 unspecified atom stereocenters. The van der Waals surface area contributed by atoms with Crippen molar-refractivity contribution in [2.75, 3.05) is 5.32 Å². The molecule has 0 heterocycles. The summed E-state index contributed by atoms with van der Waals surface area (Å²) in [7, 11) is 0. The van der Waals surface area contributed by atoms with Gasteiger partial charge in [0.05, 0.1) is 10.5 Å². The molecule has 1 atom stereocenters. The second kappa shape index (κ2) is 4.88. The molecule has 5 heteroatoms. The van der Waals surface area contributed by atoms with E-state index in [2.05, 4.69) is 21.2 Å². The SMILES string of the molecule is Cc1cc(F)c(Br)cc1NC(C)C(F)F. The first kappa shape index (κ1) is 12.4. The number of benzene rings is 1. The van der Waals surface area contributed by atoms with Crippen LogP contribution in [0.15, 0.2) is 16.6 Å². The number of hydrogen-bond donors (Lipinski definition) is 1. The number of nitrogens with one attached hydrogen (secondary N) is 1. The van der Waals surface area contributed by atoms with Gasteiger partial charge in [-0.2, -0.15) is 0 Å². The van der Waals surface area contributed by atoms with E-state index in [9.17, 15) is 13.2 Å². The van der Waals surface area contributed by atoms with Crippen LogP contribution in [0.1, 0.15) is 12.5 Å². The van der Waals surface area contributed by atoms with Crippen LogP contribution in [0.25, 0.3) is 0 Å². The average molecular weight is 282 g/mol. The summed E-state index contributed by atoms with van der Waals surface area (Å²) in [6, 6.07) is 1.80. The molecule has 0 spiro atoms. The van der Waals surface area contributed by atoms with E-state index < -0.39 is 18.3 Å². The van der Waals surface area contributed by atoms with E-state index in [1.54, 1.807) is 6.92 Å². The summed E-state index contributed by atoms with van der Waals surface area (Å²) >= 11 is 3.00. The molecule has 1 nitrogen and oxygen atoms in total. The van der Waals surface area contributed by atoms with E-state index in [1.807, 2.05) is 0 Å². The first-order valence-electron chi connectivity index (χ1n) is 4.42. The van der Waals surface area contributed by atoms with Crippen molar-refractivity contribution in [3.05, 3.63) is 28.0 Å². The lowest BCUT2D eigenvalue weighted by atomic mass is 10.2. The highest BCUT2D eigenvalue weighted by atomic mass is 79.9. The third-order valence-electron chi connectivity index (χ3n) is 2.03. The molecule has 0 aliphatic heterocycles. The van der Waals surface area contributed by atoms with Crippen molar-refractivity contribution >= 4 is 21.6 Å². The van der Waals surface area contributed by atoms with Gasteiger partial charge < -0.3 is 5.32 Å². The Labute approximate surface area is 94.8 Å². The van der Waals surface area contributed by atoms with Gasteiger partial charge in [0.15, 0.2) is 0 Å². The van der Waals surface area contributed by atoms with Gasteiger partial charge in [0.2, 0.25) is 0 Å². The molecule has 1 aromatic rings. The van der Waals surface area contributed by atoms with Gasteiger partial charge in [-0.05, 0) is 47.5 Å². The molecule has 0 fully saturated rings. The minimum Gasteiger partial charge on any atom is -0.377 e. The van der Waals surface area contributed by atoms with Gasteiger partial charge in [-0.25, -0.2) is 13.2 Å². The standard InChI is InChI=1S/C10H11BrF3N/c1-5-3-8(12)7(11)4-9(5)15-6(2)10(13)14/h3-4,6,10,15H,1-2H3. The minimum absolute atomic E-state index is 0.261. The van der Waals surface area contributed by atoms with Gasteiger partial charge in [0.1, 0.15) is 5.82 Å². The molecule has 0 bridgehead atoms. The third-order valence-corrected chi connectivity index (χ3v) is 2.64. The normalized spacial score (nSPS) is 13.0. The molecule has 0 saturated heterocycles. The number of anilines is 1. The van der Waals surface area contributed by atoms with Gasteiger partial charge in [-0.3, -0.25) is 0 Å². The Morgan fingerprint density at radius 1 is 1.33 bits per heavy atom. The van der Waals surface area contributed by atoms with Gasteiger partial charge in [0, 0.05) is 5.69 Å². The van der Waals surface area contributed by atoms with Crippen LogP contribution in [0, 0.1) is 12.7 Å². The van der Waals surface area contributed by atoms with Crippen LogP contribution in [-0.4, -0.2) is 12.5 Å². The van der Waals surface area contributed by atoms with Crippen LogP contribution in [0.5, 0.6) is 0 Å². The zero-order chi connectivity index (χ0) is 11.6. The second-order valence-corrected chi connectivity index (χ2v) is 4.20. The quantitative estimate of drug-likeness (QED) is 0.884. The Morgan fingerprint density at radius 3 is 2.47 bits per heavy atom. The fraction of sp³-hybridized carbons (Fsp3) is 0.400. The smallest absolute Gasteiger partial charge is 0.258 e. The Kier molecular flexibility index (Phi) is 4.02. The highest BCUT2D eigenvalue weighted by molar-refractivity contribution is 9.10. The van der Waals surface area contributed by atoms with E-state index >= 15 is 0 Å². The Hall–Kier alpha value is -0.710. The molecule has 84 valence electrons. The van der Waals surface area contributed by atoms with Crippen molar-refractivity contribution in [3.8, 4) is 0 Å². The monoisotopic (exact) mass is 281 g/mol. The molecule has 15 heavy (non-hydrogen) atoms. The number of hydrogen-bond acceptors (Lipinski definition) is 1. The molecular weight excluding hydrogens is 271 g/mol. The minimum atomic E-state index is -2.45. The summed E-state index contributed by atoms with van der Waals surface area (Å²) in [5.41, 5.74) is 1.11. The second-order valence-electron chi connectivity index (χ2n) is 3.35. The molecule has 0 aliphatic carbocycles. The average Bonchev–Trinajstić information content (AvgIpc) is 2.13. The van der Waals surface area contributed by atoms with Crippen LogP contribution < -0.4 is 5.32 Å². The summed E-state index contributed by atoms with van der Waals surface area (Å²) in [6.45, 7) is 3.04. The van der Waals surface area contributed by atoms with Crippen molar-refractivity contribution in [1.29, 1.82) is 0 Å². The predicted molar refractivity (Wildman–Crippen MR) is 57.9 cm³/mol. The first-order valence-corrected chi connectivity index (χ1v) is 5.21. The maximum atomic E-state index is 13.0. The lowest BCUT2D eigenvalue weighted by Gasteiger charge is -2.16. The van der Waals surface area contributed by atoms with Crippen LogP contribution >= 0.6 is 15.9 Å². The third kappa shape index (κ3) is 3.12. The maximum absolute atomic E-state index is 13.0. The number of alkyl halides is 2. The highest BCUT2D eigenvalue weighted by Gasteiger charge is 2.15. The Bertz CT molecular complexity index is 355. The maximum Gasteiger partial charge on any atom is 0.258 e. The van der Waals surface area contributed by atoms with E-state index in [4.69, 9.17) is 0 Å². The molecule has 0 aliphatic rings. The molecular formula is C10H11BrF3N. The molecule has 1 aromatic carbocycles. The lowest BCUT2D eigenvalue weighted by Crippen LogP contribution is -2.24. The first-order chi connectivity index (χ1) is 6.91. The van der Waals surface area contributed by atoms with E-state index in [1.165, 1.54) is 19.1 Å². The zero-order valence-electron chi connectivity index (χ0n) is 8.32. The van der Waals surface area contributed by atoms with Gasteiger partial charge >= 0.3 is 0 Å². The van der Waals surface area contributed by atoms with Crippen molar-refractivity contribution in [3.63, 3.8) is 0 Å². The van der Waals surface area contributed by atoms with Crippen LogP contribution in [-0.2, 0) is 0 Å². The fourth-order valence-corrected chi connectivity index (χ4v) is 1.45. The van der Waals surface area contributed by atoms with Crippen molar-refractivity contribution in [2.45, 2.75) is 26.3 Å². The predicted octanol–water partition coefficient (Wildman–Crippen LogP) is 3.96. The van der Waals surface area contributed by atoms with Crippen molar-refractivity contribution in [2.24, 2.45) is 0 Å². The van der Waals surface area contributed by atoms with Crippen LogP contribution in [0.3, 0.4) is 0 Å². The Balaban J connectivity index is 2.91. The summed E-state index contributed by atoms with van der Waals surface area (Å²) in [4.78, 5) is 0. The molecule has 1 N–H and O–H groups in total. The van der Waals surface area contributed by atoms with Crippen molar-refractivity contribution in [1.82, 2.24) is 0 Å². The fourth-order valence-electron chi connectivity index (χ4n) is 1.11. The largest absolute Gasteiger partial charge is 0.377 e. The highest BCUT2D eigenvalue weighted by Crippen LogP contribution is 2.25. The Morgan fingerprint density at radius 2 is 1.93 bits per heavy atom. The van der Waals surface area contributed by atoms with Gasteiger partial charge in [-0.1, -0.05) is 0 Å². The lowest BCUT2D eigenvalue weighted by molar-refractivity contribution is 0.130. The summed E-state index contributed by atoms with van der Waals surface area (Å²) in [5.74, 6) is -0.400. The van der Waals surface area contributed by atoms with Gasteiger partial charge in [0.25, 0.3) is 6.43 Å². The molecule has 0 amide bonds. The summed E-state index contributed by atoms with van der Waals surface area (Å²) in [5, 5.41) is 2.63. The number of halogens is 4. The summed E-state index contributed by atoms with van der Waals surface area (Å²) < 4.78 is 37.8. The molecule has 0 aromatic heterocycles. The molecule has 1 rings (SSSR count). The van der Waals surface area contributed by atoms with Crippen molar-refractivity contribution < 1.29 is 13.2 Å². The van der Waals surface area contributed by atoms with Crippen LogP contribution in [0.4, 0.5) is 18.9 Å². The topological polar surface area (TPSA) is 12.0 Å². The van der Waals surface area contributed by atoms with E-state index in [0.717, 1.165) is 0 Å². The van der Waals surface area contributed by atoms with Crippen LogP contribution in [0.2, 0.25) is 0 Å². The number of aryl methyl sites for hydroxylation is 1. The zero-order valence-corrected chi connectivity index (χ0v) is 9.91. The van der Waals surface area contributed by atoms with Gasteiger partial charge in [-0.15, -0.1) is 0 Å².